The van der Waals surface area contributed by atoms with Crippen molar-refractivity contribution in [2.24, 2.45) is 5.10 Å². The van der Waals surface area contributed by atoms with Crippen molar-refractivity contribution in [2.75, 3.05) is 0 Å². The third-order valence-corrected chi connectivity index (χ3v) is 4.69. The van der Waals surface area contributed by atoms with Crippen LogP contribution in [0.15, 0.2) is 46.6 Å². The van der Waals surface area contributed by atoms with Crippen LogP contribution in [0.2, 0.25) is 0 Å². The first-order chi connectivity index (χ1) is 12.1. The van der Waals surface area contributed by atoms with Crippen LogP contribution in [0.25, 0.3) is 10.2 Å². The second kappa shape index (κ2) is 7.35. The SMILES string of the molecule is CCc1cc2c(=O)n(CC(=O)N/N=C\c3ccc(F)cc3)cnc2s1. The Balaban J connectivity index is 1.68. The van der Waals surface area contributed by atoms with Crippen LogP contribution < -0.4 is 11.0 Å². The summed E-state index contributed by atoms with van der Waals surface area (Å²) >= 11 is 1.48. The molecule has 0 fully saturated rings. The Labute approximate surface area is 146 Å². The third kappa shape index (κ3) is 3.97. The molecule has 0 aliphatic heterocycles. The molecule has 8 heteroatoms. The third-order valence-electron chi connectivity index (χ3n) is 3.50. The molecule has 0 aliphatic rings. The van der Waals surface area contributed by atoms with Crippen LogP contribution in [0.4, 0.5) is 4.39 Å². The zero-order chi connectivity index (χ0) is 17.8. The van der Waals surface area contributed by atoms with Gasteiger partial charge < -0.3 is 0 Å². The first-order valence-electron chi connectivity index (χ1n) is 7.62. The lowest BCUT2D eigenvalue weighted by Crippen LogP contribution is -2.29. The largest absolute Gasteiger partial charge is 0.289 e. The standard InChI is InChI=1S/C17H15FN4O2S/c1-2-13-7-14-16(25-13)19-10-22(17(14)24)9-15(23)21-20-8-11-3-5-12(18)6-4-11/h3-8,10H,2,9H2,1H3,(H,21,23)/b20-8-. The highest BCUT2D eigenvalue weighted by Gasteiger charge is 2.10. The number of nitrogens with one attached hydrogen (secondary N) is 1. The lowest BCUT2D eigenvalue weighted by atomic mass is 10.2. The van der Waals surface area contributed by atoms with Gasteiger partial charge in [-0.2, -0.15) is 5.10 Å². The number of nitrogens with zero attached hydrogens (tertiary/aromatic N) is 3. The van der Waals surface area contributed by atoms with E-state index in [4.69, 9.17) is 0 Å². The van der Waals surface area contributed by atoms with Crippen molar-refractivity contribution < 1.29 is 9.18 Å². The number of benzene rings is 1. The number of halogens is 1. The summed E-state index contributed by atoms with van der Waals surface area (Å²) in [6, 6.07) is 7.49. The maximum Gasteiger partial charge on any atom is 0.262 e. The van der Waals surface area contributed by atoms with Crippen molar-refractivity contribution in [3.8, 4) is 0 Å². The van der Waals surface area contributed by atoms with E-state index >= 15 is 0 Å². The molecule has 1 amide bonds. The van der Waals surface area contributed by atoms with Crippen molar-refractivity contribution >= 4 is 33.7 Å². The van der Waals surface area contributed by atoms with Crippen LogP contribution in [0.5, 0.6) is 0 Å². The van der Waals surface area contributed by atoms with Crippen LogP contribution in [0.3, 0.4) is 0 Å². The molecule has 128 valence electrons. The van der Waals surface area contributed by atoms with Crippen molar-refractivity contribution in [2.45, 2.75) is 19.9 Å². The van der Waals surface area contributed by atoms with Gasteiger partial charge in [0.2, 0.25) is 0 Å². The monoisotopic (exact) mass is 358 g/mol. The van der Waals surface area contributed by atoms with Gasteiger partial charge >= 0.3 is 0 Å². The van der Waals surface area contributed by atoms with Gasteiger partial charge in [0.05, 0.1) is 17.9 Å². The number of thiophene rings is 1. The minimum atomic E-state index is -0.451. The van der Waals surface area contributed by atoms with Gasteiger partial charge in [-0.05, 0) is 30.2 Å². The lowest BCUT2D eigenvalue weighted by molar-refractivity contribution is -0.121. The highest BCUT2D eigenvalue weighted by atomic mass is 32.1. The number of rotatable bonds is 5. The number of hydrogen-bond acceptors (Lipinski definition) is 5. The number of amides is 1. The first-order valence-corrected chi connectivity index (χ1v) is 8.44. The number of aromatic nitrogens is 2. The highest BCUT2D eigenvalue weighted by molar-refractivity contribution is 7.18. The molecule has 3 rings (SSSR count). The predicted molar refractivity (Wildman–Crippen MR) is 95.4 cm³/mol. The molecule has 0 saturated carbocycles. The van der Waals surface area contributed by atoms with Crippen molar-refractivity contribution in [3.63, 3.8) is 0 Å². The summed E-state index contributed by atoms with van der Waals surface area (Å²) in [6.45, 7) is 1.83. The van der Waals surface area contributed by atoms with Crippen LogP contribution >= 0.6 is 11.3 Å². The molecule has 3 aromatic rings. The summed E-state index contributed by atoms with van der Waals surface area (Å²) in [6.07, 6.45) is 3.59. The lowest BCUT2D eigenvalue weighted by Gasteiger charge is -2.03. The van der Waals surface area contributed by atoms with Gasteiger partial charge in [-0.1, -0.05) is 19.1 Å². The number of carbonyl (C=O) groups is 1. The quantitative estimate of drug-likeness (QED) is 0.562. The molecule has 1 aromatic carbocycles. The Morgan fingerprint density at radius 3 is 2.88 bits per heavy atom. The molecule has 1 N–H and O–H groups in total. The van der Waals surface area contributed by atoms with Gasteiger partial charge in [0, 0.05) is 4.88 Å². The Morgan fingerprint density at radius 1 is 1.40 bits per heavy atom. The molecule has 0 radical (unpaired) electrons. The first kappa shape index (κ1) is 17.0. The Bertz CT molecular complexity index is 992. The molecule has 2 heterocycles. The highest BCUT2D eigenvalue weighted by Crippen LogP contribution is 2.20. The summed E-state index contributed by atoms with van der Waals surface area (Å²) in [5, 5.41) is 4.32. The molecule has 0 bridgehead atoms. The molecule has 0 saturated heterocycles. The van der Waals surface area contributed by atoms with Gasteiger partial charge in [-0.25, -0.2) is 14.8 Å². The normalized spacial score (nSPS) is 11.3. The van der Waals surface area contributed by atoms with Crippen molar-refractivity contribution in [1.29, 1.82) is 0 Å². The van der Waals surface area contributed by atoms with Gasteiger partial charge in [-0.3, -0.25) is 14.2 Å². The zero-order valence-electron chi connectivity index (χ0n) is 13.4. The molecule has 6 nitrogen and oxygen atoms in total. The van der Waals surface area contributed by atoms with E-state index in [-0.39, 0.29) is 17.9 Å². The Morgan fingerprint density at radius 2 is 2.16 bits per heavy atom. The van der Waals surface area contributed by atoms with Gasteiger partial charge in [0.15, 0.2) is 0 Å². The fourth-order valence-corrected chi connectivity index (χ4v) is 3.14. The number of hydrogen-bond donors (Lipinski definition) is 1. The van der Waals surface area contributed by atoms with E-state index in [9.17, 15) is 14.0 Å². The molecular formula is C17H15FN4O2S. The smallest absolute Gasteiger partial charge is 0.262 e. The minimum Gasteiger partial charge on any atom is -0.289 e. The van der Waals surface area contributed by atoms with Crippen LogP contribution in [0, 0.1) is 5.82 Å². The average molecular weight is 358 g/mol. The van der Waals surface area contributed by atoms with Crippen molar-refractivity contribution in [3.05, 3.63) is 63.3 Å². The van der Waals surface area contributed by atoms with E-state index in [1.807, 2.05) is 13.0 Å². The van der Waals surface area contributed by atoms with E-state index in [1.54, 1.807) is 0 Å². The molecule has 2 aromatic heterocycles. The fourth-order valence-electron chi connectivity index (χ4n) is 2.21. The second-order valence-electron chi connectivity index (χ2n) is 5.31. The van der Waals surface area contributed by atoms with E-state index in [0.717, 1.165) is 11.3 Å². The zero-order valence-corrected chi connectivity index (χ0v) is 14.2. The topological polar surface area (TPSA) is 76.3 Å². The van der Waals surface area contributed by atoms with Crippen LogP contribution in [-0.2, 0) is 17.8 Å². The summed E-state index contributed by atoms with van der Waals surface area (Å²) < 4.78 is 14.0. The van der Waals surface area contributed by atoms with Gasteiger partial charge in [-0.15, -0.1) is 11.3 Å². The van der Waals surface area contributed by atoms with Gasteiger partial charge in [0.1, 0.15) is 17.2 Å². The molecule has 0 atom stereocenters. The molecule has 0 aliphatic carbocycles. The Kier molecular flexibility index (Phi) is 4.99. The van der Waals surface area contributed by atoms with E-state index in [0.29, 0.717) is 15.8 Å². The maximum absolute atomic E-state index is 12.8. The summed E-state index contributed by atoms with van der Waals surface area (Å²) in [5.41, 5.74) is 2.73. The van der Waals surface area contributed by atoms with Crippen LogP contribution in [0.1, 0.15) is 17.4 Å². The van der Waals surface area contributed by atoms with Crippen molar-refractivity contribution in [1.82, 2.24) is 15.0 Å². The van der Waals surface area contributed by atoms with E-state index < -0.39 is 5.91 Å². The van der Waals surface area contributed by atoms with E-state index in [2.05, 4.69) is 15.5 Å². The average Bonchev–Trinajstić information content (AvgIpc) is 3.03. The molecule has 0 unspecified atom stereocenters. The molecule has 0 spiro atoms. The fraction of sp³-hybridized carbons (Fsp3) is 0.176. The number of hydrazone groups is 1. The van der Waals surface area contributed by atoms with Crippen LogP contribution in [-0.4, -0.2) is 21.7 Å². The maximum atomic E-state index is 12.8. The second-order valence-corrected chi connectivity index (χ2v) is 6.42. The van der Waals surface area contributed by atoms with E-state index in [1.165, 1.54) is 52.7 Å². The van der Waals surface area contributed by atoms with Gasteiger partial charge in [0.25, 0.3) is 11.5 Å². The molecular weight excluding hydrogens is 343 g/mol. The number of aryl methyl sites for hydroxylation is 1. The summed E-state index contributed by atoms with van der Waals surface area (Å²) in [4.78, 5) is 30.3. The number of fused-ring (bicyclic) bond motifs is 1. The predicted octanol–water partition coefficient (Wildman–Crippen LogP) is 2.31. The molecule has 25 heavy (non-hydrogen) atoms. The minimum absolute atomic E-state index is 0.181. The Hall–Kier alpha value is -2.87. The summed E-state index contributed by atoms with van der Waals surface area (Å²) in [5.74, 6) is -0.796. The number of carbonyl (C=O) groups excluding carboxylic acids is 1. The summed E-state index contributed by atoms with van der Waals surface area (Å²) in [7, 11) is 0.